The van der Waals surface area contributed by atoms with E-state index in [0.29, 0.717) is 22.9 Å². The summed E-state index contributed by atoms with van der Waals surface area (Å²) < 4.78 is 15.9. The Bertz CT molecular complexity index is 1340. The van der Waals surface area contributed by atoms with Crippen LogP contribution in [0.3, 0.4) is 0 Å². The first-order chi connectivity index (χ1) is 15.4. The second kappa shape index (κ2) is 8.64. The SMILES string of the molecule is C=C(N=C(C)ON)c1ccccc1-c1nc2ccc(F)cn2c1Nc1c(C)cccc1C. The molecule has 3 N–H and O–H groups in total. The minimum atomic E-state index is -0.357. The van der Waals surface area contributed by atoms with Crippen LogP contribution < -0.4 is 11.2 Å². The summed E-state index contributed by atoms with van der Waals surface area (Å²) in [5.41, 5.74) is 6.38. The van der Waals surface area contributed by atoms with E-state index in [4.69, 9.17) is 15.7 Å². The van der Waals surface area contributed by atoms with Gasteiger partial charge in [-0.1, -0.05) is 49.0 Å². The van der Waals surface area contributed by atoms with Gasteiger partial charge in [-0.05, 0) is 37.1 Å². The zero-order valence-corrected chi connectivity index (χ0v) is 18.2. The predicted octanol–water partition coefficient (Wildman–Crippen LogP) is 5.78. The standard InChI is InChI=1S/C25H24FN5O/c1-15-8-7-9-16(2)23(15)30-25-24(29-22-13-12-19(26)14-31(22)25)21-11-6-5-10-20(21)17(3)28-18(4)32-27/h5-14,30H,3,27H2,1-2,4H3. The fourth-order valence-electron chi connectivity index (χ4n) is 3.67. The van der Waals surface area contributed by atoms with Gasteiger partial charge in [-0.15, -0.1) is 0 Å². The number of benzene rings is 2. The molecule has 0 aliphatic rings. The highest BCUT2D eigenvalue weighted by atomic mass is 19.1. The molecule has 0 unspecified atom stereocenters. The maximum Gasteiger partial charge on any atom is 0.210 e. The number of rotatable bonds is 5. The molecule has 0 atom stereocenters. The Hall–Kier alpha value is -3.97. The fraction of sp³-hybridized carbons (Fsp3) is 0.120. The number of pyridine rings is 1. The molecule has 32 heavy (non-hydrogen) atoms. The van der Waals surface area contributed by atoms with E-state index in [1.165, 1.54) is 12.3 Å². The van der Waals surface area contributed by atoms with Crippen molar-refractivity contribution in [2.75, 3.05) is 5.32 Å². The maximum atomic E-state index is 14.2. The molecule has 0 radical (unpaired) electrons. The number of fused-ring (bicyclic) bond motifs is 1. The van der Waals surface area contributed by atoms with Crippen LogP contribution in [-0.2, 0) is 4.84 Å². The van der Waals surface area contributed by atoms with E-state index in [2.05, 4.69) is 16.9 Å². The third kappa shape index (κ3) is 3.98. The van der Waals surface area contributed by atoms with Gasteiger partial charge in [-0.2, -0.15) is 5.90 Å². The predicted molar refractivity (Wildman–Crippen MR) is 127 cm³/mol. The van der Waals surface area contributed by atoms with Gasteiger partial charge in [0.15, 0.2) is 0 Å². The number of halogens is 1. The van der Waals surface area contributed by atoms with Gasteiger partial charge in [0.25, 0.3) is 0 Å². The third-order valence-electron chi connectivity index (χ3n) is 5.26. The number of hydrogen-bond donors (Lipinski definition) is 2. The van der Waals surface area contributed by atoms with E-state index in [0.717, 1.165) is 27.9 Å². The highest BCUT2D eigenvalue weighted by Gasteiger charge is 2.19. The molecule has 2 heterocycles. The zero-order valence-electron chi connectivity index (χ0n) is 18.2. The lowest BCUT2D eigenvalue weighted by Gasteiger charge is -2.15. The Morgan fingerprint density at radius 2 is 1.81 bits per heavy atom. The second-order valence-corrected chi connectivity index (χ2v) is 7.52. The first kappa shape index (κ1) is 21.3. The van der Waals surface area contributed by atoms with Crippen molar-refractivity contribution in [1.29, 1.82) is 0 Å². The Labute approximate surface area is 185 Å². The molecule has 0 aliphatic heterocycles. The number of aryl methyl sites for hydroxylation is 2. The van der Waals surface area contributed by atoms with Crippen molar-refractivity contribution in [1.82, 2.24) is 9.38 Å². The molecule has 162 valence electrons. The summed E-state index contributed by atoms with van der Waals surface area (Å²) in [7, 11) is 0. The van der Waals surface area contributed by atoms with Gasteiger partial charge in [0.2, 0.25) is 5.90 Å². The molecule has 0 fully saturated rings. The van der Waals surface area contributed by atoms with Gasteiger partial charge >= 0.3 is 0 Å². The number of nitrogens with one attached hydrogen (secondary N) is 1. The first-order valence-electron chi connectivity index (χ1n) is 10.1. The molecular formula is C25H24FN5O. The molecule has 2 aromatic carbocycles. The van der Waals surface area contributed by atoms with Gasteiger partial charge in [-0.25, -0.2) is 14.4 Å². The third-order valence-corrected chi connectivity index (χ3v) is 5.26. The number of para-hydroxylation sites is 1. The molecule has 0 bridgehead atoms. The monoisotopic (exact) mass is 429 g/mol. The van der Waals surface area contributed by atoms with Crippen molar-refractivity contribution in [3.8, 4) is 11.3 Å². The van der Waals surface area contributed by atoms with Crippen molar-refractivity contribution >= 4 is 28.7 Å². The van der Waals surface area contributed by atoms with Crippen LogP contribution in [0.15, 0.2) is 72.4 Å². The minimum absolute atomic E-state index is 0.288. The molecule has 0 aliphatic carbocycles. The topological polar surface area (TPSA) is 76.9 Å². The van der Waals surface area contributed by atoms with E-state index in [1.54, 1.807) is 17.4 Å². The van der Waals surface area contributed by atoms with Crippen LogP contribution in [0.1, 0.15) is 23.6 Å². The van der Waals surface area contributed by atoms with Gasteiger partial charge < -0.3 is 10.2 Å². The van der Waals surface area contributed by atoms with Crippen molar-refractivity contribution in [2.45, 2.75) is 20.8 Å². The van der Waals surface area contributed by atoms with E-state index in [1.807, 2.05) is 56.3 Å². The molecule has 0 saturated heterocycles. The summed E-state index contributed by atoms with van der Waals surface area (Å²) in [5.74, 6) is 5.79. The number of imidazole rings is 1. The summed E-state index contributed by atoms with van der Waals surface area (Å²) in [6.07, 6.45) is 1.42. The van der Waals surface area contributed by atoms with Crippen LogP contribution in [0.4, 0.5) is 15.9 Å². The number of aromatic nitrogens is 2. The average molecular weight is 429 g/mol. The molecule has 4 aromatic rings. The largest absolute Gasteiger partial charge is 0.396 e. The van der Waals surface area contributed by atoms with Crippen LogP contribution in [0.2, 0.25) is 0 Å². The highest BCUT2D eigenvalue weighted by molar-refractivity contribution is 5.90. The van der Waals surface area contributed by atoms with Crippen LogP contribution in [0.25, 0.3) is 22.6 Å². The van der Waals surface area contributed by atoms with Crippen LogP contribution in [0, 0.1) is 19.7 Å². The number of nitrogens with zero attached hydrogens (tertiary/aromatic N) is 3. The van der Waals surface area contributed by atoms with Gasteiger partial charge in [0.05, 0.1) is 5.70 Å². The Morgan fingerprint density at radius 1 is 1.09 bits per heavy atom. The van der Waals surface area contributed by atoms with Crippen LogP contribution in [0.5, 0.6) is 0 Å². The molecule has 0 saturated carbocycles. The number of aliphatic imine (C=N–C) groups is 1. The van der Waals surface area contributed by atoms with Crippen molar-refractivity contribution in [3.63, 3.8) is 0 Å². The number of anilines is 2. The average Bonchev–Trinajstić information content (AvgIpc) is 3.13. The molecule has 2 aromatic heterocycles. The molecule has 6 nitrogen and oxygen atoms in total. The summed E-state index contributed by atoms with van der Waals surface area (Å²) in [4.78, 5) is 13.8. The lowest BCUT2D eigenvalue weighted by molar-refractivity contribution is 0.318. The molecule has 0 amide bonds. The van der Waals surface area contributed by atoms with E-state index in [-0.39, 0.29) is 11.7 Å². The van der Waals surface area contributed by atoms with E-state index >= 15 is 0 Å². The first-order valence-corrected chi connectivity index (χ1v) is 10.1. The number of nitrogens with two attached hydrogens (primary N) is 1. The Kier molecular flexibility index (Phi) is 5.75. The van der Waals surface area contributed by atoms with Crippen molar-refractivity contribution < 1.29 is 9.23 Å². The smallest absolute Gasteiger partial charge is 0.210 e. The molecular weight excluding hydrogens is 405 g/mol. The summed E-state index contributed by atoms with van der Waals surface area (Å²) in [6.45, 7) is 9.77. The van der Waals surface area contributed by atoms with Crippen molar-refractivity contribution in [3.05, 3.63) is 89.9 Å². The van der Waals surface area contributed by atoms with Gasteiger partial charge in [0, 0.05) is 29.9 Å². The summed E-state index contributed by atoms with van der Waals surface area (Å²) >= 11 is 0. The van der Waals surface area contributed by atoms with Gasteiger partial charge in [0.1, 0.15) is 23.0 Å². The minimum Gasteiger partial charge on any atom is -0.396 e. The van der Waals surface area contributed by atoms with Crippen molar-refractivity contribution in [2.24, 2.45) is 10.9 Å². The lowest BCUT2D eigenvalue weighted by Crippen LogP contribution is -2.06. The maximum absolute atomic E-state index is 14.2. The van der Waals surface area contributed by atoms with Crippen LogP contribution in [-0.4, -0.2) is 15.3 Å². The Morgan fingerprint density at radius 3 is 2.53 bits per heavy atom. The summed E-state index contributed by atoms with van der Waals surface area (Å²) in [5, 5.41) is 3.50. The quantitative estimate of drug-likeness (QED) is 0.239. The number of hydrogen-bond acceptors (Lipinski definition) is 5. The molecule has 7 heteroatoms. The molecule has 4 rings (SSSR count). The fourth-order valence-corrected chi connectivity index (χ4v) is 3.67. The second-order valence-electron chi connectivity index (χ2n) is 7.52. The summed E-state index contributed by atoms with van der Waals surface area (Å²) in [6, 6.07) is 16.7. The van der Waals surface area contributed by atoms with Crippen LogP contribution >= 0.6 is 0 Å². The van der Waals surface area contributed by atoms with E-state index in [9.17, 15) is 4.39 Å². The Balaban J connectivity index is 1.95. The highest BCUT2D eigenvalue weighted by Crippen LogP contribution is 2.37. The van der Waals surface area contributed by atoms with E-state index < -0.39 is 0 Å². The normalized spacial score (nSPS) is 11.6. The van der Waals surface area contributed by atoms with Gasteiger partial charge in [-0.3, -0.25) is 4.40 Å². The zero-order chi connectivity index (χ0) is 22.8. The lowest BCUT2D eigenvalue weighted by atomic mass is 10.0. The molecule has 0 spiro atoms.